The Bertz CT molecular complexity index is 875. The van der Waals surface area contributed by atoms with Crippen molar-refractivity contribution in [3.8, 4) is 0 Å². The summed E-state index contributed by atoms with van der Waals surface area (Å²) in [6.45, 7) is 7.26. The van der Waals surface area contributed by atoms with Crippen LogP contribution in [0.3, 0.4) is 0 Å². The lowest BCUT2D eigenvalue weighted by atomic mass is 10.0. The Morgan fingerprint density at radius 2 is 0.953 bits per heavy atom. The van der Waals surface area contributed by atoms with Crippen molar-refractivity contribution in [1.82, 2.24) is 0 Å². The van der Waals surface area contributed by atoms with Crippen LogP contribution in [0.15, 0.2) is 29.2 Å². The van der Waals surface area contributed by atoms with Gasteiger partial charge >= 0.3 is 5.97 Å². The molecule has 9 nitrogen and oxygen atoms in total. The number of benzene rings is 1. The lowest BCUT2D eigenvalue weighted by molar-refractivity contribution is -0.145. The molecule has 0 aromatic heterocycles. The zero-order chi connectivity index (χ0) is 31.3. The van der Waals surface area contributed by atoms with Gasteiger partial charge in [0.1, 0.15) is 6.61 Å². The molecule has 0 atom stereocenters. The van der Waals surface area contributed by atoms with Crippen molar-refractivity contribution in [2.75, 3.05) is 66.1 Å². The normalized spacial score (nSPS) is 11.7. The first kappa shape index (κ1) is 39.5. The van der Waals surface area contributed by atoms with Crippen LogP contribution in [-0.4, -0.2) is 80.5 Å². The number of unbranched alkanes of at least 4 members (excludes halogenated alkanes) is 12. The summed E-state index contributed by atoms with van der Waals surface area (Å²) in [6.07, 6.45) is 17.2. The zero-order valence-corrected chi connectivity index (χ0v) is 27.7. The summed E-state index contributed by atoms with van der Waals surface area (Å²) in [5, 5.41) is 0. The predicted molar refractivity (Wildman–Crippen MR) is 169 cm³/mol. The van der Waals surface area contributed by atoms with E-state index in [0.29, 0.717) is 52.7 Å². The molecule has 0 radical (unpaired) electrons. The van der Waals surface area contributed by atoms with Crippen LogP contribution in [0.5, 0.6) is 0 Å². The molecule has 0 saturated heterocycles. The molecule has 0 aliphatic heterocycles. The van der Waals surface area contributed by atoms with Gasteiger partial charge in [0.25, 0.3) is 10.1 Å². The van der Waals surface area contributed by atoms with E-state index in [1.54, 1.807) is 12.1 Å². The van der Waals surface area contributed by atoms with Crippen molar-refractivity contribution in [2.24, 2.45) is 0 Å². The lowest BCUT2D eigenvalue weighted by Crippen LogP contribution is -2.15. The molecule has 0 bridgehead atoms. The van der Waals surface area contributed by atoms with Crippen LogP contribution in [0, 0.1) is 6.92 Å². The minimum atomic E-state index is -3.77. The molecule has 0 saturated carbocycles. The molecule has 0 fully saturated rings. The number of rotatable bonds is 31. The maximum absolute atomic E-state index is 12.1. The molecule has 10 heteroatoms. The topological polar surface area (TPSA) is 107 Å². The van der Waals surface area contributed by atoms with Gasteiger partial charge < -0.3 is 23.7 Å². The molecular formula is C33H58O9S. The second-order valence-corrected chi connectivity index (χ2v) is 12.4. The smallest absolute Gasteiger partial charge is 0.305 e. The van der Waals surface area contributed by atoms with Crippen molar-refractivity contribution in [1.29, 1.82) is 0 Å². The Morgan fingerprint density at radius 3 is 1.42 bits per heavy atom. The van der Waals surface area contributed by atoms with Gasteiger partial charge in [-0.25, -0.2) is 0 Å². The summed E-state index contributed by atoms with van der Waals surface area (Å²) >= 11 is 0. The van der Waals surface area contributed by atoms with Gasteiger partial charge in [0.05, 0.1) is 64.4 Å². The van der Waals surface area contributed by atoms with E-state index in [-0.39, 0.29) is 30.7 Å². The first-order chi connectivity index (χ1) is 21.0. The van der Waals surface area contributed by atoms with E-state index in [1.165, 1.54) is 82.8 Å². The molecule has 0 N–H and O–H groups in total. The number of esters is 1. The number of carbonyl (C=O) groups excluding carboxylic acids is 1. The van der Waals surface area contributed by atoms with Gasteiger partial charge in [-0.2, -0.15) is 8.42 Å². The Balaban J connectivity index is 1.76. The summed E-state index contributed by atoms with van der Waals surface area (Å²) in [5.41, 5.74) is 0.978. The molecule has 1 rings (SSSR count). The molecule has 43 heavy (non-hydrogen) atoms. The first-order valence-corrected chi connectivity index (χ1v) is 17.8. The highest BCUT2D eigenvalue weighted by Gasteiger charge is 2.14. The molecule has 1 aromatic rings. The fourth-order valence-corrected chi connectivity index (χ4v) is 5.20. The van der Waals surface area contributed by atoms with Gasteiger partial charge in [0, 0.05) is 6.42 Å². The van der Waals surface area contributed by atoms with Crippen molar-refractivity contribution in [2.45, 2.75) is 109 Å². The summed E-state index contributed by atoms with van der Waals surface area (Å²) in [5.74, 6) is -0.149. The average molecular weight is 631 g/mol. The Kier molecular flexibility index (Phi) is 25.7. The molecular weight excluding hydrogens is 572 g/mol. The van der Waals surface area contributed by atoms with Crippen LogP contribution >= 0.6 is 0 Å². The SMILES string of the molecule is CCCCCCCCCCCCCCCC(=O)OCCOCCOCCOCCOCCOS(=O)(=O)c1ccc(C)cc1. The van der Waals surface area contributed by atoms with Crippen molar-refractivity contribution < 1.29 is 41.1 Å². The fourth-order valence-electron chi connectivity index (χ4n) is 4.31. The van der Waals surface area contributed by atoms with Crippen LogP contribution in [0.25, 0.3) is 0 Å². The maximum Gasteiger partial charge on any atom is 0.305 e. The highest BCUT2D eigenvalue weighted by atomic mass is 32.2. The van der Waals surface area contributed by atoms with Gasteiger partial charge in [0.15, 0.2) is 0 Å². The third kappa shape index (κ3) is 24.4. The Labute approximate surface area is 261 Å². The van der Waals surface area contributed by atoms with Crippen molar-refractivity contribution in [3.63, 3.8) is 0 Å². The number of hydrogen-bond acceptors (Lipinski definition) is 9. The largest absolute Gasteiger partial charge is 0.463 e. The minimum Gasteiger partial charge on any atom is -0.463 e. The van der Waals surface area contributed by atoms with Gasteiger partial charge in [0.2, 0.25) is 0 Å². The van der Waals surface area contributed by atoms with E-state index in [1.807, 2.05) is 6.92 Å². The Morgan fingerprint density at radius 1 is 0.558 bits per heavy atom. The van der Waals surface area contributed by atoms with E-state index >= 15 is 0 Å². The number of ether oxygens (including phenoxy) is 5. The molecule has 0 aliphatic rings. The van der Waals surface area contributed by atoms with Crippen LogP contribution in [0.1, 0.15) is 102 Å². The number of carbonyl (C=O) groups is 1. The van der Waals surface area contributed by atoms with Crippen LogP contribution < -0.4 is 0 Å². The molecule has 0 amide bonds. The monoisotopic (exact) mass is 630 g/mol. The zero-order valence-electron chi connectivity index (χ0n) is 26.9. The van der Waals surface area contributed by atoms with Gasteiger partial charge in [-0.15, -0.1) is 0 Å². The van der Waals surface area contributed by atoms with Crippen LogP contribution in [0.4, 0.5) is 0 Å². The highest BCUT2D eigenvalue weighted by Crippen LogP contribution is 2.14. The van der Waals surface area contributed by atoms with Crippen molar-refractivity contribution >= 4 is 16.1 Å². The standard InChI is InChI=1S/C33H58O9S/c1-3-4-5-6-7-8-9-10-11-12-13-14-15-16-33(34)41-29-27-39-25-23-37-21-22-38-24-26-40-28-30-42-43(35,36)32-19-17-31(2)18-20-32/h17-20H,3-16,21-30H2,1-2H3. The van der Waals surface area contributed by atoms with Crippen molar-refractivity contribution in [3.05, 3.63) is 29.8 Å². The van der Waals surface area contributed by atoms with E-state index in [9.17, 15) is 13.2 Å². The average Bonchev–Trinajstić information content (AvgIpc) is 2.99. The molecule has 0 heterocycles. The number of aryl methyl sites for hydroxylation is 1. The highest BCUT2D eigenvalue weighted by molar-refractivity contribution is 7.86. The predicted octanol–water partition coefficient (Wildman–Crippen LogP) is 6.79. The summed E-state index contributed by atoms with van der Waals surface area (Å²) < 4.78 is 55.9. The quantitative estimate of drug-likeness (QED) is 0.0498. The lowest BCUT2D eigenvalue weighted by Gasteiger charge is -2.08. The van der Waals surface area contributed by atoms with E-state index in [4.69, 9.17) is 27.9 Å². The molecule has 0 aliphatic carbocycles. The molecule has 0 spiro atoms. The van der Waals surface area contributed by atoms with Crippen LogP contribution in [0.2, 0.25) is 0 Å². The summed E-state index contributed by atoms with van der Waals surface area (Å²) in [4.78, 5) is 12.0. The van der Waals surface area contributed by atoms with E-state index < -0.39 is 10.1 Å². The first-order valence-electron chi connectivity index (χ1n) is 16.4. The van der Waals surface area contributed by atoms with Gasteiger partial charge in [-0.3, -0.25) is 8.98 Å². The second kappa shape index (κ2) is 28.0. The fraction of sp³-hybridized carbons (Fsp3) is 0.788. The third-order valence-electron chi connectivity index (χ3n) is 6.87. The molecule has 1 aromatic carbocycles. The minimum absolute atomic E-state index is 0.0575. The molecule has 0 unspecified atom stereocenters. The van der Waals surface area contributed by atoms with Crippen LogP contribution in [-0.2, 0) is 42.8 Å². The molecule has 250 valence electrons. The van der Waals surface area contributed by atoms with E-state index in [0.717, 1.165) is 18.4 Å². The Hall–Kier alpha value is -1.56. The van der Waals surface area contributed by atoms with Gasteiger partial charge in [-0.05, 0) is 25.5 Å². The van der Waals surface area contributed by atoms with Gasteiger partial charge in [-0.1, -0.05) is 102 Å². The summed E-state index contributed by atoms with van der Waals surface area (Å²) in [7, 11) is -3.77. The second-order valence-electron chi connectivity index (χ2n) is 10.8. The third-order valence-corrected chi connectivity index (χ3v) is 8.19. The summed E-state index contributed by atoms with van der Waals surface area (Å²) in [6, 6.07) is 6.49. The number of hydrogen-bond donors (Lipinski definition) is 0. The maximum atomic E-state index is 12.1. The van der Waals surface area contributed by atoms with E-state index in [2.05, 4.69) is 6.92 Å².